The van der Waals surface area contributed by atoms with Gasteiger partial charge in [0.1, 0.15) is 5.71 Å². The molecule has 1 unspecified atom stereocenters. The van der Waals surface area contributed by atoms with Crippen LogP contribution in [0, 0.1) is 10.1 Å². The number of anilines is 1. The monoisotopic (exact) mass is 388 g/mol. The fourth-order valence-electron chi connectivity index (χ4n) is 3.34. The van der Waals surface area contributed by atoms with Gasteiger partial charge in [0.25, 0.3) is 11.6 Å². The highest BCUT2D eigenvalue weighted by molar-refractivity contribution is 6.39. The van der Waals surface area contributed by atoms with Gasteiger partial charge in [-0.25, -0.2) is 14.7 Å². The van der Waals surface area contributed by atoms with Gasteiger partial charge in [0.05, 0.1) is 23.6 Å². The highest BCUT2D eigenvalue weighted by Gasteiger charge is 2.61. The smallest absolute Gasteiger partial charge is 0.354 e. The lowest BCUT2D eigenvalue weighted by Crippen LogP contribution is -2.51. The Morgan fingerprint density at radius 3 is 2.64 bits per heavy atom. The summed E-state index contributed by atoms with van der Waals surface area (Å²) in [4.78, 5) is 61.0. The van der Waals surface area contributed by atoms with Crippen molar-refractivity contribution in [3.63, 3.8) is 0 Å². The number of carbonyl (C=O) groups excluding carboxylic acids is 4. The molecule has 0 radical (unpaired) electrons. The molecule has 0 saturated carbocycles. The predicted octanol–water partition coefficient (Wildman–Crippen LogP) is 0.768. The number of nitro groups is 1. The molecule has 1 aromatic rings. The van der Waals surface area contributed by atoms with E-state index in [4.69, 9.17) is 4.74 Å². The number of nitrogens with zero attached hydrogens (tertiary/aromatic N) is 4. The van der Waals surface area contributed by atoms with Gasteiger partial charge < -0.3 is 4.74 Å². The minimum Gasteiger partial charge on any atom is -0.461 e. The lowest BCUT2D eigenvalue weighted by molar-refractivity contribution is -0.384. The van der Waals surface area contributed by atoms with Crippen LogP contribution in [0.25, 0.3) is 0 Å². The van der Waals surface area contributed by atoms with Crippen molar-refractivity contribution in [1.82, 2.24) is 5.01 Å². The van der Waals surface area contributed by atoms with E-state index in [-0.39, 0.29) is 30.1 Å². The van der Waals surface area contributed by atoms with E-state index in [0.717, 1.165) is 22.9 Å². The van der Waals surface area contributed by atoms with Crippen LogP contribution < -0.4 is 4.90 Å². The highest BCUT2D eigenvalue weighted by atomic mass is 16.6. The minimum absolute atomic E-state index is 0.00848. The third kappa shape index (κ3) is 2.90. The van der Waals surface area contributed by atoms with Crippen molar-refractivity contribution in [3.05, 3.63) is 34.4 Å². The van der Waals surface area contributed by atoms with E-state index >= 15 is 0 Å². The van der Waals surface area contributed by atoms with E-state index in [2.05, 4.69) is 5.10 Å². The second-order valence-electron chi connectivity index (χ2n) is 6.29. The van der Waals surface area contributed by atoms with Crippen molar-refractivity contribution < 1.29 is 28.8 Å². The molecule has 2 aliphatic rings. The number of amides is 3. The first kappa shape index (κ1) is 19.1. The van der Waals surface area contributed by atoms with Crippen molar-refractivity contribution in [2.75, 3.05) is 11.5 Å². The average Bonchev–Trinajstić information content (AvgIpc) is 3.14. The topological polar surface area (TPSA) is 139 Å². The van der Waals surface area contributed by atoms with Crippen LogP contribution in [-0.4, -0.2) is 51.5 Å². The maximum absolute atomic E-state index is 13.2. The molecular formula is C17H16N4O7. The summed E-state index contributed by atoms with van der Waals surface area (Å²) >= 11 is 0. The lowest BCUT2D eigenvalue weighted by atomic mass is 9.91. The zero-order valence-electron chi connectivity index (χ0n) is 15.1. The molecule has 2 heterocycles. The molecule has 3 rings (SSSR count). The Hall–Kier alpha value is -3.63. The Bertz CT molecular complexity index is 941. The normalized spacial score (nSPS) is 21.3. The molecule has 2 aliphatic heterocycles. The molecule has 28 heavy (non-hydrogen) atoms. The van der Waals surface area contributed by atoms with Gasteiger partial charge in [0.15, 0.2) is 5.54 Å². The van der Waals surface area contributed by atoms with E-state index in [0.29, 0.717) is 0 Å². The zero-order chi connectivity index (χ0) is 20.6. The molecule has 11 heteroatoms. The number of carbonyl (C=O) groups is 4. The summed E-state index contributed by atoms with van der Waals surface area (Å²) in [5.41, 5.74) is -2.11. The zero-order valence-corrected chi connectivity index (χ0v) is 15.1. The van der Waals surface area contributed by atoms with E-state index in [1.807, 2.05) is 0 Å². The highest BCUT2D eigenvalue weighted by Crippen LogP contribution is 2.41. The van der Waals surface area contributed by atoms with Gasteiger partial charge in [0, 0.05) is 25.5 Å². The second kappa shape index (κ2) is 6.83. The van der Waals surface area contributed by atoms with Crippen molar-refractivity contribution >= 4 is 40.8 Å². The van der Waals surface area contributed by atoms with Gasteiger partial charge in [-0.05, 0) is 13.0 Å². The van der Waals surface area contributed by atoms with Crippen LogP contribution >= 0.6 is 0 Å². The molecule has 0 aromatic heterocycles. The number of nitro benzene ring substituents is 1. The SMILES string of the molecule is CCOC(=O)C1=NN(C(C)=O)C2(CC(=O)N(c3cccc([N+](=O)[O-])c3)C2=O)C1. The van der Waals surface area contributed by atoms with E-state index < -0.39 is 40.6 Å². The van der Waals surface area contributed by atoms with Gasteiger partial charge in [-0.1, -0.05) is 6.07 Å². The Balaban J connectivity index is 2.00. The van der Waals surface area contributed by atoms with E-state index in [1.54, 1.807) is 6.92 Å². The first-order valence-corrected chi connectivity index (χ1v) is 8.38. The number of imide groups is 1. The third-order valence-electron chi connectivity index (χ3n) is 4.49. The van der Waals surface area contributed by atoms with E-state index in [1.165, 1.54) is 18.2 Å². The van der Waals surface area contributed by atoms with Crippen molar-refractivity contribution in [1.29, 1.82) is 0 Å². The number of hydrogen-bond donors (Lipinski definition) is 0. The standard InChI is InChI=1S/C17H16N4O7/c1-3-28-15(24)13-8-17(20(18-13)10(2)22)9-14(23)19(16(17)25)11-5-4-6-12(7-11)21(26)27/h4-7H,3,8-9H2,1-2H3. The number of hydrogen-bond acceptors (Lipinski definition) is 8. The first-order valence-electron chi connectivity index (χ1n) is 8.38. The maximum Gasteiger partial charge on any atom is 0.354 e. The van der Waals surface area contributed by atoms with Crippen molar-refractivity contribution in [2.24, 2.45) is 5.10 Å². The molecule has 1 saturated heterocycles. The Morgan fingerprint density at radius 1 is 1.32 bits per heavy atom. The van der Waals surface area contributed by atoms with Crippen LogP contribution in [-0.2, 0) is 23.9 Å². The van der Waals surface area contributed by atoms with Crippen LogP contribution in [0.2, 0.25) is 0 Å². The van der Waals surface area contributed by atoms with Gasteiger partial charge in [-0.2, -0.15) is 5.10 Å². The molecule has 0 N–H and O–H groups in total. The fourth-order valence-corrected chi connectivity index (χ4v) is 3.34. The summed E-state index contributed by atoms with van der Waals surface area (Å²) in [6, 6.07) is 5.04. The van der Waals surface area contributed by atoms with Crippen LogP contribution in [0.5, 0.6) is 0 Å². The van der Waals surface area contributed by atoms with Gasteiger partial charge >= 0.3 is 5.97 Å². The Morgan fingerprint density at radius 2 is 2.04 bits per heavy atom. The Labute approximate surface area is 158 Å². The summed E-state index contributed by atoms with van der Waals surface area (Å²) in [7, 11) is 0. The number of benzene rings is 1. The average molecular weight is 388 g/mol. The van der Waals surface area contributed by atoms with Gasteiger partial charge in [-0.3, -0.25) is 24.5 Å². The molecule has 1 aromatic carbocycles. The second-order valence-corrected chi connectivity index (χ2v) is 6.29. The van der Waals surface area contributed by atoms with Crippen LogP contribution in [0.3, 0.4) is 0 Å². The number of hydrazone groups is 1. The quantitative estimate of drug-likeness (QED) is 0.321. The fraction of sp³-hybridized carbons (Fsp3) is 0.353. The number of non-ortho nitro benzene ring substituents is 1. The molecule has 1 spiro atoms. The maximum atomic E-state index is 13.2. The van der Waals surface area contributed by atoms with Gasteiger partial charge in [-0.15, -0.1) is 0 Å². The minimum atomic E-state index is -1.68. The largest absolute Gasteiger partial charge is 0.461 e. The number of ether oxygens (including phenoxy) is 1. The van der Waals surface area contributed by atoms with Crippen molar-refractivity contribution in [3.8, 4) is 0 Å². The molecule has 0 aliphatic carbocycles. The lowest BCUT2D eigenvalue weighted by Gasteiger charge is -2.28. The predicted molar refractivity (Wildman–Crippen MR) is 94.1 cm³/mol. The molecule has 146 valence electrons. The van der Waals surface area contributed by atoms with Crippen LogP contribution in [0.4, 0.5) is 11.4 Å². The molecule has 3 amide bonds. The molecular weight excluding hydrogens is 372 g/mol. The summed E-state index contributed by atoms with van der Waals surface area (Å²) in [6.45, 7) is 2.84. The summed E-state index contributed by atoms with van der Waals surface area (Å²) in [5, 5.41) is 15.7. The summed E-state index contributed by atoms with van der Waals surface area (Å²) in [6.07, 6.45) is -0.679. The third-order valence-corrected chi connectivity index (χ3v) is 4.49. The number of esters is 1. The number of rotatable bonds is 4. The summed E-state index contributed by atoms with van der Waals surface area (Å²) in [5.74, 6) is -2.84. The molecule has 1 fully saturated rings. The molecule has 0 bridgehead atoms. The first-order chi connectivity index (χ1) is 13.2. The van der Waals surface area contributed by atoms with Gasteiger partial charge in [0.2, 0.25) is 11.8 Å². The summed E-state index contributed by atoms with van der Waals surface area (Å²) < 4.78 is 4.88. The van der Waals surface area contributed by atoms with Crippen molar-refractivity contribution in [2.45, 2.75) is 32.2 Å². The molecule has 1 atom stereocenters. The van der Waals surface area contributed by atoms with Crippen LogP contribution in [0.15, 0.2) is 29.4 Å². The van der Waals surface area contributed by atoms with E-state index in [9.17, 15) is 29.3 Å². The molecule has 11 nitrogen and oxygen atoms in total. The van der Waals surface area contributed by atoms with Crippen LogP contribution in [0.1, 0.15) is 26.7 Å². The Kier molecular flexibility index (Phi) is 4.67.